The SMILES string of the molecule is CCNC(=NCC(O)(CC)CC)NC1CCCN(c2ccccc2C#N)C1.I. The summed E-state index contributed by atoms with van der Waals surface area (Å²) in [5.74, 6) is 0.748. The number of nitrogens with one attached hydrogen (secondary N) is 2. The highest BCUT2D eigenvalue weighted by Gasteiger charge is 2.24. The third kappa shape index (κ3) is 6.82. The smallest absolute Gasteiger partial charge is 0.191 e. The molecule has 1 aromatic rings. The summed E-state index contributed by atoms with van der Waals surface area (Å²) in [5, 5.41) is 26.7. The van der Waals surface area contributed by atoms with Gasteiger partial charge < -0.3 is 20.6 Å². The summed E-state index contributed by atoms with van der Waals surface area (Å²) in [7, 11) is 0. The third-order valence-corrected chi connectivity index (χ3v) is 5.32. The van der Waals surface area contributed by atoms with Crippen molar-refractivity contribution in [1.82, 2.24) is 10.6 Å². The number of benzene rings is 1. The van der Waals surface area contributed by atoms with Crippen LogP contribution in [0.5, 0.6) is 0 Å². The van der Waals surface area contributed by atoms with Crippen LogP contribution < -0.4 is 15.5 Å². The zero-order chi connectivity index (χ0) is 19.7. The van der Waals surface area contributed by atoms with Crippen molar-refractivity contribution in [3.8, 4) is 6.07 Å². The first-order valence-corrected chi connectivity index (χ1v) is 10.1. The van der Waals surface area contributed by atoms with E-state index < -0.39 is 5.60 Å². The van der Waals surface area contributed by atoms with Gasteiger partial charge in [0.15, 0.2) is 5.96 Å². The van der Waals surface area contributed by atoms with Crippen molar-refractivity contribution in [1.29, 1.82) is 5.26 Å². The number of aliphatic imine (C=N–C) groups is 1. The van der Waals surface area contributed by atoms with E-state index in [9.17, 15) is 10.4 Å². The molecule has 1 fully saturated rings. The maximum Gasteiger partial charge on any atom is 0.191 e. The molecule has 2 rings (SSSR count). The largest absolute Gasteiger partial charge is 0.388 e. The molecule has 7 heteroatoms. The molecule has 3 N–H and O–H groups in total. The standard InChI is InChI=1S/C21H33N5O.HI/c1-4-21(27,5-2)16-24-20(23-6-3)25-18-11-9-13-26(15-18)19-12-8-7-10-17(19)14-22;/h7-8,10,12,18,27H,4-6,9,11,13,15-16H2,1-3H3,(H2,23,24,25);1H. The lowest BCUT2D eigenvalue weighted by Gasteiger charge is -2.36. The van der Waals surface area contributed by atoms with Gasteiger partial charge in [-0.1, -0.05) is 26.0 Å². The Kier molecular flexibility index (Phi) is 10.6. The van der Waals surface area contributed by atoms with Crippen LogP contribution in [0.4, 0.5) is 5.69 Å². The van der Waals surface area contributed by atoms with Crippen molar-refractivity contribution in [2.45, 2.75) is 58.1 Å². The Balaban J connectivity index is 0.00000392. The predicted octanol–water partition coefficient (Wildman–Crippen LogP) is 3.25. The predicted molar refractivity (Wildman–Crippen MR) is 126 cm³/mol. The van der Waals surface area contributed by atoms with Crippen LogP contribution in [0, 0.1) is 11.3 Å². The van der Waals surface area contributed by atoms with Crippen LogP contribution in [0.2, 0.25) is 0 Å². The minimum atomic E-state index is -0.743. The van der Waals surface area contributed by atoms with E-state index in [0.717, 1.165) is 49.7 Å². The highest BCUT2D eigenvalue weighted by atomic mass is 127. The number of rotatable bonds is 7. The Morgan fingerprint density at radius 3 is 2.68 bits per heavy atom. The van der Waals surface area contributed by atoms with Crippen LogP contribution in [0.15, 0.2) is 29.3 Å². The molecule has 1 heterocycles. The summed E-state index contributed by atoms with van der Waals surface area (Å²) in [5.41, 5.74) is 0.974. The van der Waals surface area contributed by atoms with E-state index in [2.05, 4.69) is 26.6 Å². The first kappa shape index (κ1) is 24.5. The number of piperidine rings is 1. The Morgan fingerprint density at radius 1 is 1.32 bits per heavy atom. The van der Waals surface area contributed by atoms with E-state index in [1.807, 2.05) is 45.0 Å². The Hall–Kier alpha value is -1.53. The molecule has 1 saturated heterocycles. The zero-order valence-electron chi connectivity index (χ0n) is 17.2. The second kappa shape index (κ2) is 12.1. The van der Waals surface area contributed by atoms with Gasteiger partial charge in [0, 0.05) is 25.7 Å². The van der Waals surface area contributed by atoms with Gasteiger partial charge >= 0.3 is 0 Å². The lowest BCUT2D eigenvalue weighted by molar-refractivity contribution is 0.0417. The summed E-state index contributed by atoms with van der Waals surface area (Å²) >= 11 is 0. The van der Waals surface area contributed by atoms with Crippen LogP contribution in [-0.4, -0.2) is 48.9 Å². The zero-order valence-corrected chi connectivity index (χ0v) is 19.6. The number of nitriles is 1. The van der Waals surface area contributed by atoms with Gasteiger partial charge in [-0.05, 0) is 44.7 Å². The van der Waals surface area contributed by atoms with Crippen molar-refractivity contribution in [3.05, 3.63) is 29.8 Å². The monoisotopic (exact) mass is 499 g/mol. The molecule has 0 saturated carbocycles. The topological polar surface area (TPSA) is 83.7 Å². The molecule has 6 nitrogen and oxygen atoms in total. The highest BCUT2D eigenvalue weighted by Crippen LogP contribution is 2.23. The number of hydrogen-bond acceptors (Lipinski definition) is 4. The van der Waals surface area contributed by atoms with Gasteiger partial charge in [-0.15, -0.1) is 24.0 Å². The van der Waals surface area contributed by atoms with E-state index >= 15 is 0 Å². The second-order valence-electron chi connectivity index (χ2n) is 7.19. The maximum atomic E-state index is 10.5. The van der Waals surface area contributed by atoms with Gasteiger partial charge in [0.1, 0.15) is 6.07 Å². The van der Waals surface area contributed by atoms with E-state index in [1.54, 1.807) is 0 Å². The van der Waals surface area contributed by atoms with Crippen LogP contribution >= 0.6 is 24.0 Å². The normalized spacial score (nSPS) is 17.5. The molecular formula is C21H34IN5O. The lowest BCUT2D eigenvalue weighted by atomic mass is 9.98. The van der Waals surface area contributed by atoms with Crippen molar-refractivity contribution in [2.24, 2.45) is 4.99 Å². The second-order valence-corrected chi connectivity index (χ2v) is 7.19. The number of halogens is 1. The number of guanidine groups is 1. The molecule has 0 spiro atoms. The Morgan fingerprint density at radius 2 is 2.04 bits per heavy atom. The molecule has 1 aromatic carbocycles. The number of nitrogens with zero attached hydrogens (tertiary/aromatic N) is 3. The molecule has 156 valence electrons. The van der Waals surface area contributed by atoms with Crippen molar-refractivity contribution in [2.75, 3.05) is 31.1 Å². The van der Waals surface area contributed by atoms with Gasteiger partial charge in [-0.3, -0.25) is 4.99 Å². The average Bonchev–Trinajstić information content (AvgIpc) is 2.72. The van der Waals surface area contributed by atoms with Crippen LogP contribution in [-0.2, 0) is 0 Å². The van der Waals surface area contributed by atoms with E-state index in [1.165, 1.54) is 0 Å². The van der Waals surface area contributed by atoms with Gasteiger partial charge in [-0.25, -0.2) is 0 Å². The first-order chi connectivity index (χ1) is 13.0. The fourth-order valence-corrected chi connectivity index (χ4v) is 3.37. The van der Waals surface area contributed by atoms with Gasteiger partial charge in [0.05, 0.1) is 23.4 Å². The summed E-state index contributed by atoms with van der Waals surface area (Å²) in [6, 6.07) is 10.3. The first-order valence-electron chi connectivity index (χ1n) is 10.1. The van der Waals surface area contributed by atoms with Crippen LogP contribution in [0.1, 0.15) is 52.0 Å². The molecule has 28 heavy (non-hydrogen) atoms. The molecule has 0 aliphatic carbocycles. The fraction of sp³-hybridized carbons (Fsp3) is 0.619. The number of para-hydroxylation sites is 1. The molecule has 1 aliphatic heterocycles. The summed E-state index contributed by atoms with van der Waals surface area (Å²) < 4.78 is 0. The summed E-state index contributed by atoms with van der Waals surface area (Å²) in [6.07, 6.45) is 3.50. The van der Waals surface area contributed by atoms with E-state index in [4.69, 9.17) is 0 Å². The van der Waals surface area contributed by atoms with Crippen molar-refractivity contribution >= 4 is 35.6 Å². The summed E-state index contributed by atoms with van der Waals surface area (Å²) in [6.45, 7) is 8.97. The quantitative estimate of drug-likeness (QED) is 0.305. The molecule has 0 amide bonds. The van der Waals surface area contributed by atoms with Crippen LogP contribution in [0.25, 0.3) is 0 Å². The third-order valence-electron chi connectivity index (χ3n) is 5.32. The highest BCUT2D eigenvalue weighted by molar-refractivity contribution is 14.0. The number of hydrogen-bond donors (Lipinski definition) is 3. The van der Waals surface area contributed by atoms with Gasteiger partial charge in [0.25, 0.3) is 0 Å². The van der Waals surface area contributed by atoms with Crippen molar-refractivity contribution < 1.29 is 5.11 Å². The minimum absolute atomic E-state index is 0. The van der Waals surface area contributed by atoms with E-state index in [-0.39, 0.29) is 30.0 Å². The van der Waals surface area contributed by atoms with Gasteiger partial charge in [0.2, 0.25) is 0 Å². The van der Waals surface area contributed by atoms with Gasteiger partial charge in [-0.2, -0.15) is 5.26 Å². The molecule has 1 aliphatic rings. The van der Waals surface area contributed by atoms with E-state index in [0.29, 0.717) is 19.4 Å². The maximum absolute atomic E-state index is 10.5. The lowest BCUT2D eigenvalue weighted by Crippen LogP contribution is -2.51. The molecule has 1 atom stereocenters. The average molecular weight is 499 g/mol. The molecule has 0 radical (unpaired) electrons. The Labute approximate surface area is 186 Å². The summed E-state index contributed by atoms with van der Waals surface area (Å²) in [4.78, 5) is 6.90. The number of anilines is 1. The molecule has 1 unspecified atom stereocenters. The van der Waals surface area contributed by atoms with Crippen LogP contribution in [0.3, 0.4) is 0 Å². The Bertz CT molecular complexity index is 669. The molecule has 0 bridgehead atoms. The minimum Gasteiger partial charge on any atom is -0.388 e. The number of aliphatic hydroxyl groups is 1. The van der Waals surface area contributed by atoms with Crippen molar-refractivity contribution in [3.63, 3.8) is 0 Å². The molecule has 0 aromatic heterocycles. The molecular weight excluding hydrogens is 465 g/mol. The fourth-order valence-electron chi connectivity index (χ4n) is 3.37.